The van der Waals surface area contributed by atoms with Gasteiger partial charge in [0, 0.05) is 18.3 Å². The van der Waals surface area contributed by atoms with Crippen LogP contribution in [-0.2, 0) is 6.54 Å². The van der Waals surface area contributed by atoms with Crippen molar-refractivity contribution < 1.29 is 9.13 Å². The first-order valence-electron chi connectivity index (χ1n) is 5.97. The molecule has 0 saturated carbocycles. The average Bonchev–Trinajstić information content (AvgIpc) is 2.42. The van der Waals surface area contributed by atoms with Crippen molar-refractivity contribution in [3.8, 4) is 5.88 Å². The molecule has 1 aromatic heterocycles. The predicted molar refractivity (Wildman–Crippen MR) is 74.1 cm³/mol. The topological polar surface area (TPSA) is 34.1 Å². The van der Waals surface area contributed by atoms with Gasteiger partial charge in [-0.25, -0.2) is 9.37 Å². The van der Waals surface area contributed by atoms with E-state index in [0.29, 0.717) is 24.6 Å². The van der Waals surface area contributed by atoms with Gasteiger partial charge < -0.3 is 10.1 Å². The number of pyridine rings is 1. The summed E-state index contributed by atoms with van der Waals surface area (Å²) in [6.07, 6.45) is 1.65. The monoisotopic (exact) mass is 280 g/mol. The third-order valence-corrected chi connectivity index (χ3v) is 2.84. The Labute approximate surface area is 116 Å². The Kier molecular flexibility index (Phi) is 4.58. The summed E-state index contributed by atoms with van der Waals surface area (Å²) in [7, 11) is 0. The molecule has 0 aliphatic carbocycles. The molecule has 2 rings (SSSR count). The molecular formula is C14H14ClFN2O. The van der Waals surface area contributed by atoms with Crippen LogP contribution in [-0.4, -0.2) is 11.6 Å². The van der Waals surface area contributed by atoms with Crippen molar-refractivity contribution >= 4 is 17.3 Å². The molecule has 2 aromatic rings. The van der Waals surface area contributed by atoms with E-state index in [9.17, 15) is 4.39 Å². The minimum Gasteiger partial charge on any atom is -0.476 e. The van der Waals surface area contributed by atoms with Crippen LogP contribution in [0.5, 0.6) is 5.88 Å². The first kappa shape index (κ1) is 13.6. The Morgan fingerprint density at radius 2 is 2.16 bits per heavy atom. The number of halogens is 2. The lowest BCUT2D eigenvalue weighted by molar-refractivity contribution is 0.328. The van der Waals surface area contributed by atoms with Crippen molar-refractivity contribution in [1.29, 1.82) is 0 Å². The van der Waals surface area contributed by atoms with E-state index in [4.69, 9.17) is 16.3 Å². The van der Waals surface area contributed by atoms with Gasteiger partial charge in [0.1, 0.15) is 5.82 Å². The summed E-state index contributed by atoms with van der Waals surface area (Å²) in [6.45, 7) is 2.73. The Morgan fingerprint density at radius 3 is 2.95 bits per heavy atom. The molecule has 0 aliphatic rings. The molecule has 0 fully saturated rings. The highest BCUT2D eigenvalue weighted by Crippen LogP contribution is 2.23. The van der Waals surface area contributed by atoms with Gasteiger partial charge in [0.05, 0.1) is 17.3 Å². The summed E-state index contributed by atoms with van der Waals surface area (Å²) < 4.78 is 19.1. The number of anilines is 1. The first-order valence-corrected chi connectivity index (χ1v) is 6.34. The molecule has 0 amide bonds. The quantitative estimate of drug-likeness (QED) is 0.902. The van der Waals surface area contributed by atoms with Crippen LogP contribution < -0.4 is 10.1 Å². The van der Waals surface area contributed by atoms with Crippen LogP contribution in [0, 0.1) is 5.82 Å². The SMILES string of the molecule is CCOc1ncccc1NCc1cccc(Cl)c1F. The number of nitrogens with one attached hydrogen (secondary N) is 1. The molecule has 0 saturated heterocycles. The largest absolute Gasteiger partial charge is 0.476 e. The number of aromatic nitrogens is 1. The fraction of sp³-hybridized carbons (Fsp3) is 0.214. The van der Waals surface area contributed by atoms with Gasteiger partial charge in [0.15, 0.2) is 0 Å². The van der Waals surface area contributed by atoms with Crippen LogP contribution in [0.2, 0.25) is 5.02 Å². The molecule has 1 heterocycles. The average molecular weight is 281 g/mol. The lowest BCUT2D eigenvalue weighted by Crippen LogP contribution is -2.05. The normalized spacial score (nSPS) is 10.3. The van der Waals surface area contributed by atoms with Gasteiger partial charge in [0.2, 0.25) is 5.88 Å². The van der Waals surface area contributed by atoms with Gasteiger partial charge >= 0.3 is 0 Å². The van der Waals surface area contributed by atoms with Crippen molar-refractivity contribution in [3.05, 3.63) is 52.9 Å². The summed E-state index contributed by atoms with van der Waals surface area (Å²) in [5.41, 5.74) is 1.22. The van der Waals surface area contributed by atoms with Crippen LogP contribution in [0.3, 0.4) is 0 Å². The number of rotatable bonds is 5. The first-order chi connectivity index (χ1) is 9.22. The summed E-state index contributed by atoms with van der Waals surface area (Å²) >= 11 is 5.74. The predicted octanol–water partition coefficient (Wildman–Crippen LogP) is 3.88. The second kappa shape index (κ2) is 6.38. The van der Waals surface area contributed by atoms with Gasteiger partial charge in [-0.3, -0.25) is 0 Å². The van der Waals surface area contributed by atoms with Crippen molar-refractivity contribution in [2.24, 2.45) is 0 Å². The zero-order valence-corrected chi connectivity index (χ0v) is 11.2. The lowest BCUT2D eigenvalue weighted by atomic mass is 10.2. The molecule has 3 nitrogen and oxygen atoms in total. The second-order valence-corrected chi connectivity index (χ2v) is 4.26. The van der Waals surface area contributed by atoms with Gasteiger partial charge in [-0.1, -0.05) is 23.7 Å². The lowest BCUT2D eigenvalue weighted by Gasteiger charge is -2.11. The Morgan fingerprint density at radius 1 is 1.32 bits per heavy atom. The third kappa shape index (κ3) is 3.35. The molecule has 1 N–H and O–H groups in total. The molecule has 0 spiro atoms. The fourth-order valence-corrected chi connectivity index (χ4v) is 1.85. The van der Waals surface area contributed by atoms with Gasteiger partial charge in [-0.15, -0.1) is 0 Å². The van der Waals surface area contributed by atoms with E-state index in [0.717, 1.165) is 5.69 Å². The van der Waals surface area contributed by atoms with Gasteiger partial charge in [-0.05, 0) is 25.1 Å². The highest BCUT2D eigenvalue weighted by atomic mass is 35.5. The van der Waals surface area contributed by atoms with E-state index in [1.165, 1.54) is 6.07 Å². The molecule has 0 bridgehead atoms. The molecule has 0 aliphatic heterocycles. The zero-order valence-electron chi connectivity index (χ0n) is 10.5. The standard InChI is InChI=1S/C14H14ClFN2O/c1-2-19-14-12(7-4-8-17-14)18-9-10-5-3-6-11(15)13(10)16/h3-8,18H,2,9H2,1H3. The summed E-state index contributed by atoms with van der Waals surface area (Å²) in [5, 5.41) is 3.22. The molecule has 100 valence electrons. The smallest absolute Gasteiger partial charge is 0.237 e. The van der Waals surface area contributed by atoms with E-state index in [-0.39, 0.29) is 5.02 Å². The number of nitrogens with zero attached hydrogens (tertiary/aromatic N) is 1. The number of hydrogen-bond acceptors (Lipinski definition) is 3. The highest BCUT2D eigenvalue weighted by molar-refractivity contribution is 6.30. The number of benzene rings is 1. The number of ether oxygens (including phenoxy) is 1. The van der Waals surface area contributed by atoms with Crippen LogP contribution in [0.1, 0.15) is 12.5 Å². The summed E-state index contributed by atoms with van der Waals surface area (Å²) in [6, 6.07) is 8.55. The molecule has 5 heteroatoms. The molecule has 0 radical (unpaired) electrons. The van der Waals surface area contributed by atoms with E-state index in [2.05, 4.69) is 10.3 Å². The van der Waals surface area contributed by atoms with E-state index in [1.54, 1.807) is 24.4 Å². The molecular weight excluding hydrogens is 267 g/mol. The molecule has 0 unspecified atom stereocenters. The summed E-state index contributed by atoms with van der Waals surface area (Å²) in [4.78, 5) is 4.12. The minimum absolute atomic E-state index is 0.121. The van der Waals surface area contributed by atoms with Crippen LogP contribution in [0.4, 0.5) is 10.1 Å². The van der Waals surface area contributed by atoms with Crippen molar-refractivity contribution in [2.75, 3.05) is 11.9 Å². The minimum atomic E-state index is -0.404. The molecule has 19 heavy (non-hydrogen) atoms. The van der Waals surface area contributed by atoms with Crippen LogP contribution in [0.25, 0.3) is 0 Å². The number of hydrogen-bond donors (Lipinski definition) is 1. The van der Waals surface area contributed by atoms with Crippen molar-refractivity contribution in [1.82, 2.24) is 4.98 Å². The second-order valence-electron chi connectivity index (χ2n) is 3.86. The Bertz CT molecular complexity index is 563. The highest BCUT2D eigenvalue weighted by Gasteiger charge is 2.08. The zero-order chi connectivity index (χ0) is 13.7. The summed E-state index contributed by atoms with van der Waals surface area (Å²) in [5.74, 6) is 0.103. The maximum Gasteiger partial charge on any atom is 0.237 e. The Balaban J connectivity index is 2.12. The van der Waals surface area contributed by atoms with E-state index >= 15 is 0 Å². The van der Waals surface area contributed by atoms with Crippen molar-refractivity contribution in [3.63, 3.8) is 0 Å². The van der Waals surface area contributed by atoms with Gasteiger partial charge in [-0.2, -0.15) is 0 Å². The molecule has 1 aromatic carbocycles. The maximum atomic E-state index is 13.7. The van der Waals surface area contributed by atoms with Gasteiger partial charge in [0.25, 0.3) is 0 Å². The van der Waals surface area contributed by atoms with Crippen molar-refractivity contribution in [2.45, 2.75) is 13.5 Å². The van der Waals surface area contributed by atoms with E-state index < -0.39 is 5.82 Å². The van der Waals surface area contributed by atoms with Crippen LogP contribution >= 0.6 is 11.6 Å². The Hall–Kier alpha value is -1.81. The fourth-order valence-electron chi connectivity index (χ4n) is 1.65. The third-order valence-electron chi connectivity index (χ3n) is 2.55. The van der Waals surface area contributed by atoms with Crippen LogP contribution in [0.15, 0.2) is 36.5 Å². The maximum absolute atomic E-state index is 13.7. The molecule has 0 atom stereocenters. The van der Waals surface area contributed by atoms with E-state index in [1.807, 2.05) is 13.0 Å².